The molecule has 1 rings (SSSR count). The molecule has 1 saturated heterocycles. The molecule has 1 heterocycles. The van der Waals surface area contributed by atoms with Crippen LogP contribution in [0.2, 0.25) is 0 Å². The largest absolute Gasteiger partial charge is 0.323 e. The van der Waals surface area contributed by atoms with Crippen LogP contribution in [0.3, 0.4) is 0 Å². The number of carbonyl (C=O) groups is 1. The molecule has 3 atom stereocenters. The average molecular weight is 254 g/mol. The van der Waals surface area contributed by atoms with Crippen molar-refractivity contribution in [2.24, 2.45) is 11.8 Å². The lowest BCUT2D eigenvalue weighted by Gasteiger charge is -2.32. The minimum Gasteiger partial charge on any atom is -0.323 e. The van der Waals surface area contributed by atoms with Crippen molar-refractivity contribution in [1.29, 1.82) is 0 Å². The van der Waals surface area contributed by atoms with E-state index < -0.39 is 0 Å². The Kier molecular flexibility index (Phi) is 5.64. The Balaban J connectivity index is 2.80. The smallest absolute Gasteiger partial charge is 0.241 e. The van der Waals surface area contributed by atoms with E-state index in [2.05, 4.69) is 51.8 Å². The van der Waals surface area contributed by atoms with Crippen LogP contribution in [-0.2, 0) is 4.79 Å². The summed E-state index contributed by atoms with van der Waals surface area (Å²) in [5.41, 5.74) is 0. The van der Waals surface area contributed by atoms with Gasteiger partial charge < -0.3 is 4.90 Å². The zero-order chi connectivity index (χ0) is 13.9. The maximum absolute atomic E-state index is 12.5. The van der Waals surface area contributed by atoms with E-state index in [-0.39, 0.29) is 12.2 Å². The fraction of sp³-hybridized carbons (Fsp3) is 0.933. The standard InChI is InChI=1S/C15H30N2O/c1-7-8-12(6)17-14(11(4)5)16-13(15(17)18)9-10(2)3/h10-14,16H,7-9H2,1-6H3. The van der Waals surface area contributed by atoms with E-state index in [1.807, 2.05) is 0 Å². The molecule has 0 saturated carbocycles. The van der Waals surface area contributed by atoms with Gasteiger partial charge >= 0.3 is 0 Å². The summed E-state index contributed by atoms with van der Waals surface area (Å²) in [6.07, 6.45) is 3.37. The maximum atomic E-state index is 12.5. The maximum Gasteiger partial charge on any atom is 0.241 e. The molecule has 3 heteroatoms. The van der Waals surface area contributed by atoms with Gasteiger partial charge in [0.1, 0.15) is 0 Å². The Labute approximate surface area is 112 Å². The van der Waals surface area contributed by atoms with Gasteiger partial charge in [0.2, 0.25) is 5.91 Å². The van der Waals surface area contributed by atoms with Gasteiger partial charge in [0.05, 0.1) is 12.2 Å². The first-order chi connectivity index (χ1) is 8.38. The highest BCUT2D eigenvalue weighted by Crippen LogP contribution is 2.25. The summed E-state index contributed by atoms with van der Waals surface area (Å²) in [7, 11) is 0. The van der Waals surface area contributed by atoms with Gasteiger partial charge in [-0.25, -0.2) is 0 Å². The second-order valence-electron chi connectivity index (χ2n) is 6.42. The molecule has 1 aliphatic heterocycles. The Bertz CT molecular complexity index is 276. The van der Waals surface area contributed by atoms with Gasteiger partial charge in [0.25, 0.3) is 0 Å². The second-order valence-corrected chi connectivity index (χ2v) is 6.42. The predicted molar refractivity (Wildman–Crippen MR) is 76.2 cm³/mol. The SMILES string of the molecule is CCCC(C)N1C(=O)C(CC(C)C)NC1C(C)C. The second kappa shape index (κ2) is 6.55. The molecule has 18 heavy (non-hydrogen) atoms. The summed E-state index contributed by atoms with van der Waals surface area (Å²) in [5.74, 6) is 1.33. The van der Waals surface area contributed by atoms with Crippen molar-refractivity contribution in [2.75, 3.05) is 0 Å². The lowest BCUT2D eigenvalue weighted by atomic mass is 10.0. The highest BCUT2D eigenvalue weighted by molar-refractivity contribution is 5.84. The van der Waals surface area contributed by atoms with Crippen LogP contribution in [0.4, 0.5) is 0 Å². The quantitative estimate of drug-likeness (QED) is 0.790. The third-order valence-electron chi connectivity index (χ3n) is 3.74. The molecule has 1 aliphatic rings. The fourth-order valence-corrected chi connectivity index (χ4v) is 2.88. The van der Waals surface area contributed by atoms with Crippen LogP contribution in [0.1, 0.15) is 60.8 Å². The van der Waals surface area contributed by atoms with Crippen molar-refractivity contribution in [2.45, 2.75) is 79.1 Å². The Morgan fingerprint density at radius 1 is 1.22 bits per heavy atom. The van der Waals surface area contributed by atoms with Crippen LogP contribution in [0.25, 0.3) is 0 Å². The average Bonchev–Trinajstić information content (AvgIpc) is 2.56. The molecule has 0 bridgehead atoms. The lowest BCUT2D eigenvalue weighted by molar-refractivity contribution is -0.133. The van der Waals surface area contributed by atoms with Crippen molar-refractivity contribution in [1.82, 2.24) is 10.2 Å². The zero-order valence-corrected chi connectivity index (χ0v) is 12.9. The first-order valence-electron chi connectivity index (χ1n) is 7.46. The van der Waals surface area contributed by atoms with Gasteiger partial charge in [0.15, 0.2) is 0 Å². The first kappa shape index (κ1) is 15.5. The van der Waals surface area contributed by atoms with Crippen molar-refractivity contribution in [3.8, 4) is 0 Å². The molecule has 106 valence electrons. The first-order valence-corrected chi connectivity index (χ1v) is 7.46. The van der Waals surface area contributed by atoms with Crippen molar-refractivity contribution in [3.63, 3.8) is 0 Å². The van der Waals surface area contributed by atoms with E-state index >= 15 is 0 Å². The normalized spacial score (nSPS) is 26.4. The molecule has 0 aromatic heterocycles. The van der Waals surface area contributed by atoms with Crippen molar-refractivity contribution >= 4 is 5.91 Å². The van der Waals surface area contributed by atoms with Gasteiger partial charge in [-0.1, -0.05) is 41.0 Å². The summed E-state index contributed by atoms with van der Waals surface area (Å²) < 4.78 is 0. The molecule has 1 fully saturated rings. The van der Waals surface area contributed by atoms with Gasteiger partial charge in [-0.05, 0) is 31.6 Å². The van der Waals surface area contributed by atoms with Crippen LogP contribution in [0, 0.1) is 11.8 Å². The number of hydrogen-bond donors (Lipinski definition) is 1. The van der Waals surface area contributed by atoms with Gasteiger partial charge in [-0.3, -0.25) is 10.1 Å². The van der Waals surface area contributed by atoms with Crippen LogP contribution in [-0.4, -0.2) is 29.1 Å². The monoisotopic (exact) mass is 254 g/mol. The molecule has 3 unspecified atom stereocenters. The summed E-state index contributed by atoms with van der Waals surface area (Å²) in [4.78, 5) is 14.6. The number of amides is 1. The highest BCUT2D eigenvalue weighted by atomic mass is 16.2. The zero-order valence-electron chi connectivity index (χ0n) is 12.9. The Hall–Kier alpha value is -0.570. The predicted octanol–water partition coefficient (Wildman–Crippen LogP) is 3.00. The van der Waals surface area contributed by atoms with Gasteiger partial charge in [-0.15, -0.1) is 0 Å². The highest BCUT2D eigenvalue weighted by Gasteiger charge is 2.42. The van der Waals surface area contributed by atoms with Gasteiger partial charge in [0, 0.05) is 6.04 Å². The summed E-state index contributed by atoms with van der Waals surface area (Å²) >= 11 is 0. The molecule has 0 aliphatic carbocycles. The van der Waals surface area contributed by atoms with Crippen LogP contribution < -0.4 is 5.32 Å². The third kappa shape index (κ3) is 3.47. The van der Waals surface area contributed by atoms with Crippen LogP contribution in [0.5, 0.6) is 0 Å². The molecule has 0 spiro atoms. The minimum atomic E-state index is 0.0247. The van der Waals surface area contributed by atoms with E-state index in [0.29, 0.717) is 23.8 Å². The number of hydrogen-bond acceptors (Lipinski definition) is 2. The minimum absolute atomic E-state index is 0.0247. The number of nitrogens with one attached hydrogen (secondary N) is 1. The van der Waals surface area contributed by atoms with E-state index in [1.54, 1.807) is 0 Å². The molecular formula is C15H30N2O. The Morgan fingerprint density at radius 2 is 1.83 bits per heavy atom. The molecule has 0 aromatic carbocycles. The topological polar surface area (TPSA) is 32.3 Å². The number of nitrogens with zero attached hydrogens (tertiary/aromatic N) is 1. The molecule has 1 amide bonds. The summed E-state index contributed by atoms with van der Waals surface area (Å²) in [6.45, 7) is 13.1. The van der Waals surface area contributed by atoms with Crippen molar-refractivity contribution in [3.05, 3.63) is 0 Å². The lowest BCUT2D eigenvalue weighted by Crippen LogP contribution is -2.46. The third-order valence-corrected chi connectivity index (χ3v) is 3.74. The van der Waals surface area contributed by atoms with E-state index in [9.17, 15) is 4.79 Å². The molecule has 0 aromatic rings. The van der Waals surface area contributed by atoms with E-state index in [0.717, 1.165) is 19.3 Å². The van der Waals surface area contributed by atoms with Crippen LogP contribution >= 0.6 is 0 Å². The number of carbonyl (C=O) groups excluding carboxylic acids is 1. The summed E-state index contributed by atoms with van der Waals surface area (Å²) in [6, 6.07) is 0.372. The molecular weight excluding hydrogens is 224 g/mol. The van der Waals surface area contributed by atoms with Gasteiger partial charge in [-0.2, -0.15) is 0 Å². The molecule has 1 N–H and O–H groups in total. The van der Waals surface area contributed by atoms with Crippen LogP contribution in [0.15, 0.2) is 0 Å². The molecule has 0 radical (unpaired) electrons. The molecule has 3 nitrogen and oxygen atoms in total. The fourth-order valence-electron chi connectivity index (χ4n) is 2.88. The number of rotatable bonds is 6. The summed E-state index contributed by atoms with van der Waals surface area (Å²) in [5, 5.41) is 3.54. The Morgan fingerprint density at radius 3 is 2.28 bits per heavy atom. The van der Waals surface area contributed by atoms with E-state index in [4.69, 9.17) is 0 Å². The van der Waals surface area contributed by atoms with Crippen molar-refractivity contribution < 1.29 is 4.79 Å². The van der Waals surface area contributed by atoms with E-state index in [1.165, 1.54) is 0 Å².